The molecule has 0 aliphatic carbocycles. The summed E-state index contributed by atoms with van der Waals surface area (Å²) in [6.07, 6.45) is 6.13. The molecule has 4 bridgehead atoms. The summed E-state index contributed by atoms with van der Waals surface area (Å²) in [6, 6.07) is 7.93. The second-order valence-corrected chi connectivity index (χ2v) is 7.37. The fraction of sp³-hybridized carbons (Fsp3) is 0.300. The third-order valence-corrected chi connectivity index (χ3v) is 5.10. The van der Waals surface area contributed by atoms with E-state index in [1.807, 2.05) is 31.3 Å². The van der Waals surface area contributed by atoms with Crippen LogP contribution in [0.5, 0.6) is 0 Å². The number of amides is 1. The predicted octanol–water partition coefficient (Wildman–Crippen LogP) is 2.42. The number of nitrogen functional groups attached to an aromatic ring is 1. The van der Waals surface area contributed by atoms with Crippen LogP contribution in [0.1, 0.15) is 35.8 Å². The van der Waals surface area contributed by atoms with Gasteiger partial charge >= 0.3 is 0 Å². The maximum atomic E-state index is 12.7. The van der Waals surface area contributed by atoms with Crippen LogP contribution < -0.4 is 27.2 Å². The summed E-state index contributed by atoms with van der Waals surface area (Å²) in [5.74, 6) is 5.87. The molecule has 8 nitrogen and oxygen atoms in total. The fourth-order valence-corrected chi connectivity index (χ4v) is 3.60. The molecule has 3 aromatic rings. The number of nitrogens with one attached hydrogen (secondary N) is 2. The van der Waals surface area contributed by atoms with Gasteiger partial charge in [0.25, 0.3) is 5.91 Å². The number of carbonyl (C=O) groups excluding carboxylic acids is 1. The Morgan fingerprint density at radius 2 is 2.14 bits per heavy atom. The molecule has 2 aromatic heterocycles. The Balaban J connectivity index is 1.85. The van der Waals surface area contributed by atoms with Crippen LogP contribution in [-0.4, -0.2) is 28.4 Å². The van der Waals surface area contributed by atoms with Crippen LogP contribution >= 0.6 is 0 Å². The summed E-state index contributed by atoms with van der Waals surface area (Å²) in [5.41, 5.74) is 11.7. The maximum absolute atomic E-state index is 12.7. The first kappa shape index (κ1) is 18.1. The molecule has 146 valence electrons. The topological polar surface area (TPSA) is 114 Å². The highest BCUT2D eigenvalue weighted by atomic mass is 16.2. The molecule has 0 saturated carbocycles. The van der Waals surface area contributed by atoms with E-state index in [0.29, 0.717) is 17.0 Å². The Hall–Kier alpha value is -3.26. The van der Waals surface area contributed by atoms with E-state index >= 15 is 0 Å². The van der Waals surface area contributed by atoms with Gasteiger partial charge in [-0.05, 0) is 56.0 Å². The molecule has 28 heavy (non-hydrogen) atoms. The zero-order valence-electron chi connectivity index (χ0n) is 16.1. The summed E-state index contributed by atoms with van der Waals surface area (Å²) < 4.78 is 1.78. The lowest BCUT2D eigenvalue weighted by atomic mass is 10.0. The number of aromatic nitrogens is 2. The third kappa shape index (κ3) is 3.34. The van der Waals surface area contributed by atoms with Gasteiger partial charge in [-0.1, -0.05) is 0 Å². The highest BCUT2D eigenvalue weighted by Gasteiger charge is 2.17. The van der Waals surface area contributed by atoms with Crippen LogP contribution in [0.15, 0.2) is 36.7 Å². The van der Waals surface area contributed by atoms with Crippen molar-refractivity contribution in [1.82, 2.24) is 14.7 Å². The van der Waals surface area contributed by atoms with Gasteiger partial charge in [0.05, 0.1) is 28.9 Å². The molecule has 4 rings (SSSR count). The monoisotopic (exact) mass is 379 g/mol. The third-order valence-electron chi connectivity index (χ3n) is 5.10. The van der Waals surface area contributed by atoms with Crippen LogP contribution in [0, 0.1) is 0 Å². The average Bonchev–Trinajstić information content (AvgIpc) is 3.06. The Labute approximate surface area is 163 Å². The van der Waals surface area contributed by atoms with Crippen molar-refractivity contribution in [2.75, 3.05) is 23.1 Å². The summed E-state index contributed by atoms with van der Waals surface area (Å²) in [4.78, 5) is 17.0. The highest BCUT2D eigenvalue weighted by Crippen LogP contribution is 2.34. The Morgan fingerprint density at radius 1 is 1.32 bits per heavy atom. The number of hydrogen-bond donors (Lipinski definition) is 4. The van der Waals surface area contributed by atoms with Crippen molar-refractivity contribution in [2.45, 2.75) is 32.2 Å². The quantitative estimate of drug-likeness (QED) is 0.293. The number of benzene rings is 1. The lowest BCUT2D eigenvalue weighted by Crippen LogP contribution is -2.33. The lowest BCUT2D eigenvalue weighted by molar-refractivity contribution is 0.0932. The zero-order chi connectivity index (χ0) is 19.8. The van der Waals surface area contributed by atoms with Crippen LogP contribution in [0.25, 0.3) is 5.65 Å². The Bertz CT molecular complexity index is 1040. The average molecular weight is 379 g/mol. The molecule has 0 spiro atoms. The zero-order valence-corrected chi connectivity index (χ0v) is 16.1. The number of nitrogens with two attached hydrogens (primary N) is 2. The number of hydrogen-bond acceptors (Lipinski definition) is 6. The van der Waals surface area contributed by atoms with Crippen molar-refractivity contribution in [3.05, 3.63) is 47.9 Å². The molecular weight excluding hydrogens is 354 g/mol. The minimum atomic E-state index is -0.126. The van der Waals surface area contributed by atoms with Crippen molar-refractivity contribution >= 4 is 34.3 Å². The number of aryl methyl sites for hydroxylation is 1. The molecule has 1 atom stereocenters. The van der Waals surface area contributed by atoms with E-state index in [1.54, 1.807) is 17.6 Å². The molecular formula is C20H25N7O. The van der Waals surface area contributed by atoms with Crippen molar-refractivity contribution in [2.24, 2.45) is 5.84 Å². The van der Waals surface area contributed by atoms with Crippen molar-refractivity contribution in [3.63, 3.8) is 0 Å². The van der Waals surface area contributed by atoms with Gasteiger partial charge in [0.15, 0.2) is 0 Å². The van der Waals surface area contributed by atoms with E-state index < -0.39 is 0 Å². The summed E-state index contributed by atoms with van der Waals surface area (Å²) >= 11 is 0. The molecule has 0 fully saturated rings. The molecule has 1 aliphatic rings. The van der Waals surface area contributed by atoms with Gasteiger partial charge in [-0.15, -0.1) is 0 Å². The molecule has 3 heterocycles. The predicted molar refractivity (Wildman–Crippen MR) is 112 cm³/mol. The Kier molecular flexibility index (Phi) is 4.56. The number of imidazole rings is 1. The van der Waals surface area contributed by atoms with E-state index in [2.05, 4.69) is 21.7 Å². The van der Waals surface area contributed by atoms with Crippen LogP contribution in [0.2, 0.25) is 0 Å². The molecule has 1 aromatic carbocycles. The van der Waals surface area contributed by atoms with E-state index in [4.69, 9.17) is 11.6 Å². The van der Waals surface area contributed by atoms with E-state index in [1.165, 1.54) is 5.01 Å². The van der Waals surface area contributed by atoms with E-state index in [-0.39, 0.29) is 11.9 Å². The first-order valence-corrected chi connectivity index (χ1v) is 9.38. The largest absolute Gasteiger partial charge is 0.395 e. The number of pyridine rings is 1. The number of rotatable bonds is 1. The lowest BCUT2D eigenvalue weighted by Gasteiger charge is -2.21. The van der Waals surface area contributed by atoms with Gasteiger partial charge in [-0.2, -0.15) is 0 Å². The van der Waals surface area contributed by atoms with Crippen LogP contribution in [-0.2, 0) is 6.42 Å². The van der Waals surface area contributed by atoms with Crippen LogP contribution in [0.4, 0.5) is 22.7 Å². The number of hydrazine groups is 1. The second kappa shape index (κ2) is 7.05. The summed E-state index contributed by atoms with van der Waals surface area (Å²) in [5, 5.41) is 7.97. The first-order valence-electron chi connectivity index (χ1n) is 9.38. The molecule has 1 aliphatic heterocycles. The highest BCUT2D eigenvalue weighted by molar-refractivity contribution is 5.93. The molecule has 8 heteroatoms. The Morgan fingerprint density at radius 3 is 2.93 bits per heavy atom. The second-order valence-electron chi connectivity index (χ2n) is 7.37. The SMILES string of the molecule is CC1CCCc2cc(c(N)c(N(C)N)c2)Nc2ccc3ncc(n3c2)C(=O)N1. The van der Waals surface area contributed by atoms with Gasteiger partial charge in [0, 0.05) is 19.3 Å². The van der Waals surface area contributed by atoms with E-state index in [0.717, 1.165) is 41.9 Å². The molecule has 1 amide bonds. The molecule has 0 radical (unpaired) electrons. The number of fused-ring (bicyclic) bond motifs is 3. The fourth-order valence-electron chi connectivity index (χ4n) is 3.60. The van der Waals surface area contributed by atoms with Gasteiger partial charge in [-0.3, -0.25) is 9.20 Å². The number of anilines is 4. The van der Waals surface area contributed by atoms with Crippen molar-refractivity contribution in [1.29, 1.82) is 0 Å². The molecule has 1 unspecified atom stereocenters. The minimum Gasteiger partial charge on any atom is -0.395 e. The number of nitrogens with zero attached hydrogens (tertiary/aromatic N) is 3. The summed E-state index contributed by atoms with van der Waals surface area (Å²) in [7, 11) is 1.78. The van der Waals surface area contributed by atoms with Crippen molar-refractivity contribution in [3.8, 4) is 0 Å². The van der Waals surface area contributed by atoms with Gasteiger partial charge in [0.1, 0.15) is 11.3 Å². The van der Waals surface area contributed by atoms with Gasteiger partial charge in [-0.25, -0.2) is 10.8 Å². The first-order chi connectivity index (χ1) is 13.4. The number of carbonyl (C=O) groups is 1. The van der Waals surface area contributed by atoms with Gasteiger partial charge < -0.3 is 21.4 Å². The minimum absolute atomic E-state index is 0.0622. The van der Waals surface area contributed by atoms with Gasteiger partial charge in [0.2, 0.25) is 0 Å². The molecule has 6 N–H and O–H groups in total. The van der Waals surface area contributed by atoms with Crippen molar-refractivity contribution < 1.29 is 4.79 Å². The standard InChI is InChI=1S/C20H25N7O/c1-12-4-3-5-13-8-15(19(21)16(9-13)26(2)22)25-14-6-7-18-23-10-17(20(28)24-12)27(18)11-14/h6-12,25H,3-5,21-22H2,1-2H3,(H,24,28). The molecule has 0 saturated heterocycles. The summed E-state index contributed by atoms with van der Waals surface area (Å²) in [6.45, 7) is 2.02. The normalized spacial score (nSPS) is 17.1. The smallest absolute Gasteiger partial charge is 0.270 e. The maximum Gasteiger partial charge on any atom is 0.270 e. The van der Waals surface area contributed by atoms with Crippen LogP contribution in [0.3, 0.4) is 0 Å². The van der Waals surface area contributed by atoms with E-state index in [9.17, 15) is 4.79 Å².